The molecule has 6 heteroatoms. The molecular weight excluding hydrogens is 250 g/mol. The van der Waals surface area contributed by atoms with Crippen molar-refractivity contribution in [1.29, 1.82) is 0 Å². The molecule has 2 rings (SSSR count). The van der Waals surface area contributed by atoms with Gasteiger partial charge in [0.2, 0.25) is 0 Å². The lowest BCUT2D eigenvalue weighted by Gasteiger charge is -2.08. The Morgan fingerprint density at radius 3 is 2.33 bits per heavy atom. The van der Waals surface area contributed by atoms with Crippen molar-refractivity contribution in [1.82, 2.24) is 8.75 Å². The van der Waals surface area contributed by atoms with Gasteiger partial charge in [-0.3, -0.25) is 0 Å². The molecule has 0 aliphatic carbocycles. The predicted octanol–water partition coefficient (Wildman–Crippen LogP) is 2.65. The minimum Gasteiger partial charge on any atom is -0.497 e. The number of hydrogen-bond acceptors (Lipinski definition) is 6. The van der Waals surface area contributed by atoms with E-state index in [-0.39, 0.29) is 0 Å². The van der Waals surface area contributed by atoms with Crippen LogP contribution >= 0.6 is 11.7 Å². The smallest absolute Gasteiger partial charge is 0.168 e. The molecule has 0 fully saturated rings. The van der Waals surface area contributed by atoms with Crippen LogP contribution in [0.15, 0.2) is 18.2 Å². The number of anilines is 1. The summed E-state index contributed by atoms with van der Waals surface area (Å²) in [6, 6.07) is 5.66. The van der Waals surface area contributed by atoms with E-state index in [0.717, 1.165) is 35.1 Å². The summed E-state index contributed by atoms with van der Waals surface area (Å²) in [5.41, 5.74) is 1.75. The second-order valence-electron chi connectivity index (χ2n) is 3.59. The largest absolute Gasteiger partial charge is 0.497 e. The van der Waals surface area contributed by atoms with Crippen molar-refractivity contribution < 1.29 is 9.47 Å². The van der Waals surface area contributed by atoms with E-state index in [1.165, 1.54) is 11.7 Å². The molecule has 0 unspecified atom stereocenters. The molecule has 5 nitrogen and oxygen atoms in total. The lowest BCUT2D eigenvalue weighted by atomic mass is 10.1. The quantitative estimate of drug-likeness (QED) is 0.900. The van der Waals surface area contributed by atoms with Gasteiger partial charge in [0.1, 0.15) is 17.2 Å². The van der Waals surface area contributed by atoms with Gasteiger partial charge in [-0.15, -0.1) is 0 Å². The second kappa shape index (κ2) is 5.68. The standard InChI is InChI=1S/C12H15N3O2S/c1-4-13-12-11(14-18-15-12)8-5-9(16-2)7-10(6-8)17-3/h5-7H,4H2,1-3H3,(H,13,15). The van der Waals surface area contributed by atoms with Gasteiger partial charge in [0.15, 0.2) is 5.82 Å². The number of benzene rings is 1. The molecule has 0 spiro atoms. The molecule has 0 aliphatic heterocycles. The van der Waals surface area contributed by atoms with Gasteiger partial charge in [0.25, 0.3) is 0 Å². The van der Waals surface area contributed by atoms with Crippen molar-refractivity contribution in [2.24, 2.45) is 0 Å². The molecule has 1 N–H and O–H groups in total. The van der Waals surface area contributed by atoms with Crippen LogP contribution in [0.25, 0.3) is 11.3 Å². The fourth-order valence-electron chi connectivity index (χ4n) is 1.61. The molecule has 0 bridgehead atoms. The Balaban J connectivity index is 2.45. The van der Waals surface area contributed by atoms with Crippen molar-refractivity contribution in [3.8, 4) is 22.8 Å². The molecular formula is C12H15N3O2S. The van der Waals surface area contributed by atoms with Crippen LogP contribution in [0.1, 0.15) is 6.92 Å². The van der Waals surface area contributed by atoms with Crippen LogP contribution in [0.2, 0.25) is 0 Å². The van der Waals surface area contributed by atoms with Crippen LogP contribution in [0.4, 0.5) is 5.82 Å². The SMILES string of the molecule is CCNc1nsnc1-c1cc(OC)cc(OC)c1. The Kier molecular flexibility index (Phi) is 3.99. The Hall–Kier alpha value is -1.82. The molecule has 0 saturated heterocycles. The topological polar surface area (TPSA) is 56.3 Å². The van der Waals surface area contributed by atoms with Gasteiger partial charge in [-0.05, 0) is 19.1 Å². The summed E-state index contributed by atoms with van der Waals surface area (Å²) in [6.45, 7) is 2.83. The van der Waals surface area contributed by atoms with Crippen LogP contribution < -0.4 is 14.8 Å². The van der Waals surface area contributed by atoms with E-state index < -0.39 is 0 Å². The lowest BCUT2D eigenvalue weighted by molar-refractivity contribution is 0.394. The average molecular weight is 265 g/mol. The van der Waals surface area contributed by atoms with Gasteiger partial charge in [0.05, 0.1) is 25.9 Å². The fourth-order valence-corrected chi connectivity index (χ4v) is 2.15. The maximum Gasteiger partial charge on any atom is 0.168 e. The zero-order valence-corrected chi connectivity index (χ0v) is 11.4. The number of aromatic nitrogens is 2. The van der Waals surface area contributed by atoms with Crippen molar-refractivity contribution >= 4 is 17.5 Å². The number of methoxy groups -OCH3 is 2. The van der Waals surface area contributed by atoms with Gasteiger partial charge >= 0.3 is 0 Å². The van der Waals surface area contributed by atoms with Crippen LogP contribution in [-0.2, 0) is 0 Å². The highest BCUT2D eigenvalue weighted by molar-refractivity contribution is 6.99. The molecule has 0 atom stereocenters. The molecule has 1 aromatic carbocycles. The van der Waals surface area contributed by atoms with E-state index in [1.54, 1.807) is 14.2 Å². The van der Waals surface area contributed by atoms with E-state index in [4.69, 9.17) is 9.47 Å². The summed E-state index contributed by atoms with van der Waals surface area (Å²) < 4.78 is 19.0. The summed E-state index contributed by atoms with van der Waals surface area (Å²) in [5, 5.41) is 3.18. The van der Waals surface area contributed by atoms with Gasteiger partial charge in [0, 0.05) is 18.2 Å². The molecule has 18 heavy (non-hydrogen) atoms. The molecule has 96 valence electrons. The van der Waals surface area contributed by atoms with Gasteiger partial charge in [-0.1, -0.05) is 0 Å². The maximum absolute atomic E-state index is 5.25. The number of nitrogens with one attached hydrogen (secondary N) is 1. The van der Waals surface area contributed by atoms with Crippen LogP contribution in [-0.4, -0.2) is 29.5 Å². The average Bonchev–Trinajstić information content (AvgIpc) is 2.87. The highest BCUT2D eigenvalue weighted by Gasteiger charge is 2.12. The van der Waals surface area contributed by atoms with Crippen molar-refractivity contribution in [3.05, 3.63) is 18.2 Å². The summed E-state index contributed by atoms with van der Waals surface area (Å²) in [7, 11) is 3.26. The Bertz CT molecular complexity index is 506. The van der Waals surface area contributed by atoms with E-state index in [0.29, 0.717) is 0 Å². The zero-order valence-electron chi connectivity index (χ0n) is 10.6. The van der Waals surface area contributed by atoms with Gasteiger partial charge in [-0.2, -0.15) is 8.75 Å². The Morgan fingerprint density at radius 1 is 1.11 bits per heavy atom. The van der Waals surface area contributed by atoms with Crippen molar-refractivity contribution in [3.63, 3.8) is 0 Å². The van der Waals surface area contributed by atoms with Crippen molar-refractivity contribution in [2.45, 2.75) is 6.92 Å². The predicted molar refractivity (Wildman–Crippen MR) is 72.6 cm³/mol. The van der Waals surface area contributed by atoms with Crippen LogP contribution in [0, 0.1) is 0 Å². The first-order valence-electron chi connectivity index (χ1n) is 5.58. The maximum atomic E-state index is 5.25. The van der Waals surface area contributed by atoms with Crippen molar-refractivity contribution in [2.75, 3.05) is 26.1 Å². The molecule has 2 aromatic rings. The third-order valence-electron chi connectivity index (χ3n) is 2.46. The van der Waals surface area contributed by atoms with E-state index in [9.17, 15) is 0 Å². The molecule has 1 aromatic heterocycles. The third kappa shape index (κ3) is 2.53. The highest BCUT2D eigenvalue weighted by atomic mass is 32.1. The lowest BCUT2D eigenvalue weighted by Crippen LogP contribution is -1.98. The summed E-state index contributed by atoms with van der Waals surface area (Å²) in [6.07, 6.45) is 0. The fraction of sp³-hybridized carbons (Fsp3) is 0.333. The summed E-state index contributed by atoms with van der Waals surface area (Å²) in [4.78, 5) is 0. The number of nitrogens with zero attached hydrogens (tertiary/aromatic N) is 2. The number of hydrogen-bond donors (Lipinski definition) is 1. The van der Waals surface area contributed by atoms with E-state index in [2.05, 4.69) is 14.1 Å². The summed E-state index contributed by atoms with van der Waals surface area (Å²) in [5.74, 6) is 2.26. The van der Waals surface area contributed by atoms with Crippen LogP contribution in [0.3, 0.4) is 0 Å². The number of rotatable bonds is 5. The monoisotopic (exact) mass is 265 g/mol. The molecule has 1 heterocycles. The molecule has 0 amide bonds. The first-order valence-corrected chi connectivity index (χ1v) is 6.31. The first kappa shape index (κ1) is 12.6. The zero-order chi connectivity index (χ0) is 13.0. The second-order valence-corrected chi connectivity index (χ2v) is 4.12. The Labute approximate surface area is 110 Å². The molecule has 0 aliphatic rings. The molecule has 0 radical (unpaired) electrons. The summed E-state index contributed by atoms with van der Waals surface area (Å²) >= 11 is 1.18. The third-order valence-corrected chi connectivity index (χ3v) is 2.99. The highest BCUT2D eigenvalue weighted by Crippen LogP contribution is 2.32. The minimum absolute atomic E-state index is 0.736. The Morgan fingerprint density at radius 2 is 1.78 bits per heavy atom. The van der Waals surface area contributed by atoms with Crippen LogP contribution in [0.5, 0.6) is 11.5 Å². The van der Waals surface area contributed by atoms with Gasteiger partial charge in [-0.25, -0.2) is 0 Å². The minimum atomic E-state index is 0.736. The molecule has 0 saturated carbocycles. The number of ether oxygens (including phenoxy) is 2. The van der Waals surface area contributed by atoms with Gasteiger partial charge < -0.3 is 14.8 Å². The van der Waals surface area contributed by atoms with E-state index >= 15 is 0 Å². The normalized spacial score (nSPS) is 10.2. The first-order chi connectivity index (χ1) is 8.78. The van der Waals surface area contributed by atoms with E-state index in [1.807, 2.05) is 25.1 Å².